The number of likely N-dealkylation sites (tertiary alicyclic amines) is 1. The highest BCUT2D eigenvalue weighted by molar-refractivity contribution is 9.10. The molecule has 0 bridgehead atoms. The molecule has 1 aromatic rings. The summed E-state index contributed by atoms with van der Waals surface area (Å²) in [5.74, 6) is -0.0958. The standard InChI is InChI=1S/C11H12BrN3O4/c12-8-5-15(11(19)13-10(8)18)6-9(17)14-3-1-7(16)2-4-14/h5H,1-4,6H2,(H,13,18,19). The Morgan fingerprint density at radius 2 is 1.89 bits per heavy atom. The van der Waals surface area contributed by atoms with Crippen molar-refractivity contribution in [3.05, 3.63) is 31.5 Å². The molecule has 1 aliphatic rings. The number of halogens is 1. The highest BCUT2D eigenvalue weighted by atomic mass is 79.9. The van der Waals surface area contributed by atoms with Gasteiger partial charge >= 0.3 is 5.69 Å². The minimum absolute atomic E-state index is 0.146. The number of carbonyl (C=O) groups is 2. The minimum Gasteiger partial charge on any atom is -0.340 e. The van der Waals surface area contributed by atoms with Crippen LogP contribution in [0.15, 0.2) is 20.3 Å². The fourth-order valence-electron chi connectivity index (χ4n) is 1.85. The topological polar surface area (TPSA) is 92.2 Å². The maximum Gasteiger partial charge on any atom is 0.328 e. The van der Waals surface area contributed by atoms with Crippen molar-refractivity contribution in [2.75, 3.05) is 13.1 Å². The molecular formula is C11H12BrN3O4. The Bertz CT molecular complexity index is 624. The molecule has 8 heteroatoms. The summed E-state index contributed by atoms with van der Waals surface area (Å²) in [5.41, 5.74) is -1.16. The third-order valence-corrected chi connectivity index (χ3v) is 3.51. The number of carbonyl (C=O) groups excluding carboxylic acids is 2. The lowest BCUT2D eigenvalue weighted by Crippen LogP contribution is -2.42. The van der Waals surface area contributed by atoms with E-state index in [1.54, 1.807) is 4.90 Å². The van der Waals surface area contributed by atoms with Crippen molar-refractivity contribution in [1.29, 1.82) is 0 Å². The van der Waals surface area contributed by atoms with Crippen molar-refractivity contribution in [3.8, 4) is 0 Å². The van der Waals surface area contributed by atoms with Crippen LogP contribution < -0.4 is 11.2 Å². The molecule has 1 fully saturated rings. The third-order valence-electron chi connectivity index (χ3n) is 2.95. The number of nitrogens with one attached hydrogen (secondary N) is 1. The van der Waals surface area contributed by atoms with Crippen LogP contribution in [-0.2, 0) is 16.1 Å². The van der Waals surface area contributed by atoms with E-state index in [0.717, 1.165) is 4.57 Å². The zero-order chi connectivity index (χ0) is 14.0. The highest BCUT2D eigenvalue weighted by Crippen LogP contribution is 2.06. The number of hydrogen-bond acceptors (Lipinski definition) is 4. The van der Waals surface area contributed by atoms with Crippen LogP contribution in [0.3, 0.4) is 0 Å². The summed E-state index contributed by atoms with van der Waals surface area (Å²) in [6, 6.07) is 0. The Morgan fingerprint density at radius 3 is 2.53 bits per heavy atom. The van der Waals surface area contributed by atoms with Gasteiger partial charge in [-0.05, 0) is 15.9 Å². The molecule has 2 rings (SSSR count). The fourth-order valence-corrected chi connectivity index (χ4v) is 2.20. The molecule has 1 aromatic heterocycles. The lowest BCUT2D eigenvalue weighted by Gasteiger charge is -2.26. The molecule has 7 nitrogen and oxygen atoms in total. The summed E-state index contributed by atoms with van der Waals surface area (Å²) in [5, 5.41) is 0. The number of ketones is 1. The number of aromatic nitrogens is 2. The Morgan fingerprint density at radius 1 is 1.26 bits per heavy atom. The molecule has 2 heterocycles. The number of hydrogen-bond donors (Lipinski definition) is 1. The van der Waals surface area contributed by atoms with Gasteiger partial charge in [-0.1, -0.05) is 0 Å². The largest absolute Gasteiger partial charge is 0.340 e. The van der Waals surface area contributed by atoms with Gasteiger partial charge in [0.1, 0.15) is 12.3 Å². The van der Waals surface area contributed by atoms with Gasteiger partial charge in [0.25, 0.3) is 5.56 Å². The van der Waals surface area contributed by atoms with Crippen LogP contribution in [0.4, 0.5) is 0 Å². The van der Waals surface area contributed by atoms with Gasteiger partial charge in [-0.3, -0.25) is 23.9 Å². The van der Waals surface area contributed by atoms with Crippen LogP contribution in [0.1, 0.15) is 12.8 Å². The van der Waals surface area contributed by atoms with Crippen LogP contribution in [0.25, 0.3) is 0 Å². The van der Waals surface area contributed by atoms with E-state index in [9.17, 15) is 19.2 Å². The zero-order valence-corrected chi connectivity index (χ0v) is 11.6. The number of amides is 1. The summed E-state index contributed by atoms with van der Waals surface area (Å²) in [6.07, 6.45) is 2.00. The van der Waals surface area contributed by atoms with Crippen LogP contribution in [0.2, 0.25) is 0 Å². The first-order chi connectivity index (χ1) is 8.97. The van der Waals surface area contributed by atoms with Gasteiger partial charge in [-0.15, -0.1) is 0 Å². The predicted molar refractivity (Wildman–Crippen MR) is 69.8 cm³/mol. The van der Waals surface area contributed by atoms with Crippen molar-refractivity contribution in [2.24, 2.45) is 0 Å². The quantitative estimate of drug-likeness (QED) is 0.791. The molecule has 102 valence electrons. The van der Waals surface area contributed by atoms with Crippen molar-refractivity contribution in [2.45, 2.75) is 19.4 Å². The van der Waals surface area contributed by atoms with Gasteiger partial charge in [-0.25, -0.2) is 4.79 Å². The molecule has 1 amide bonds. The second-order valence-corrected chi connectivity index (χ2v) is 5.14. The maximum atomic E-state index is 12.0. The van der Waals surface area contributed by atoms with Crippen molar-refractivity contribution >= 4 is 27.6 Å². The lowest BCUT2D eigenvalue weighted by molar-refractivity contribution is -0.135. The molecule has 1 aliphatic heterocycles. The molecule has 0 unspecified atom stereocenters. The van der Waals surface area contributed by atoms with Crippen molar-refractivity contribution in [3.63, 3.8) is 0 Å². The van der Waals surface area contributed by atoms with Crippen molar-refractivity contribution in [1.82, 2.24) is 14.5 Å². The predicted octanol–water partition coefficient (Wildman–Crippen LogP) is -0.509. The van der Waals surface area contributed by atoms with Crippen molar-refractivity contribution < 1.29 is 9.59 Å². The second kappa shape index (κ2) is 5.52. The Hall–Kier alpha value is -1.70. The average Bonchev–Trinajstić information content (AvgIpc) is 2.36. The summed E-state index contributed by atoms with van der Waals surface area (Å²) < 4.78 is 1.32. The smallest absolute Gasteiger partial charge is 0.328 e. The fraction of sp³-hybridized carbons (Fsp3) is 0.455. The number of aromatic amines is 1. The molecule has 1 saturated heterocycles. The number of rotatable bonds is 2. The average molecular weight is 330 g/mol. The monoisotopic (exact) mass is 329 g/mol. The van der Waals surface area contributed by atoms with Crippen LogP contribution in [0.5, 0.6) is 0 Å². The van der Waals surface area contributed by atoms with E-state index in [-0.39, 0.29) is 22.7 Å². The Kier molecular flexibility index (Phi) is 3.98. The molecule has 0 atom stereocenters. The Labute approximate surface area is 116 Å². The number of Topliss-reactive ketones (excluding diaryl/α,β-unsaturated/α-hetero) is 1. The zero-order valence-electron chi connectivity index (χ0n) is 10.0. The Balaban J connectivity index is 2.11. The summed E-state index contributed by atoms with van der Waals surface area (Å²) in [7, 11) is 0. The van der Waals surface area contributed by atoms with Crippen LogP contribution in [-0.4, -0.2) is 39.2 Å². The number of H-pyrrole nitrogens is 1. The van der Waals surface area contributed by atoms with Crippen LogP contribution >= 0.6 is 15.9 Å². The molecule has 1 N–H and O–H groups in total. The lowest BCUT2D eigenvalue weighted by atomic mass is 10.1. The second-order valence-electron chi connectivity index (χ2n) is 4.28. The van der Waals surface area contributed by atoms with Gasteiger partial charge in [0.15, 0.2) is 0 Å². The first-order valence-electron chi connectivity index (χ1n) is 5.76. The van der Waals surface area contributed by atoms with Gasteiger partial charge in [0.05, 0.1) is 4.47 Å². The van der Waals surface area contributed by atoms with Gasteiger partial charge in [0, 0.05) is 32.1 Å². The first-order valence-corrected chi connectivity index (χ1v) is 6.55. The molecule has 0 aromatic carbocycles. The molecule has 19 heavy (non-hydrogen) atoms. The SMILES string of the molecule is O=C1CCN(C(=O)Cn2cc(Br)c(=O)[nH]c2=O)CC1. The van der Waals surface area contributed by atoms with Gasteiger partial charge < -0.3 is 4.90 Å². The van der Waals surface area contributed by atoms with E-state index in [1.165, 1.54) is 6.20 Å². The number of piperidine rings is 1. The van der Waals surface area contributed by atoms with E-state index in [1.807, 2.05) is 0 Å². The molecule has 0 spiro atoms. The maximum absolute atomic E-state index is 12.0. The normalized spacial score (nSPS) is 15.6. The van der Waals surface area contributed by atoms with E-state index in [4.69, 9.17) is 0 Å². The van der Waals surface area contributed by atoms with Gasteiger partial charge in [-0.2, -0.15) is 0 Å². The summed E-state index contributed by atoms with van der Waals surface area (Å²) >= 11 is 3.00. The molecule has 0 saturated carbocycles. The minimum atomic E-state index is -0.630. The van der Waals surface area contributed by atoms with Gasteiger partial charge in [0.2, 0.25) is 5.91 Å². The number of nitrogens with zero attached hydrogens (tertiary/aromatic N) is 2. The molecular weight excluding hydrogens is 318 g/mol. The van der Waals surface area contributed by atoms with E-state index < -0.39 is 11.2 Å². The van der Waals surface area contributed by atoms with E-state index in [2.05, 4.69) is 20.9 Å². The molecule has 0 aliphatic carbocycles. The van der Waals surface area contributed by atoms with E-state index >= 15 is 0 Å². The summed E-state index contributed by atoms with van der Waals surface area (Å²) in [4.78, 5) is 49.4. The van der Waals surface area contributed by atoms with E-state index in [0.29, 0.717) is 25.9 Å². The molecule has 0 radical (unpaired) electrons. The highest BCUT2D eigenvalue weighted by Gasteiger charge is 2.21. The summed E-state index contributed by atoms with van der Waals surface area (Å²) in [6.45, 7) is 0.621. The van der Waals surface area contributed by atoms with Crippen LogP contribution in [0, 0.1) is 0 Å². The first kappa shape index (κ1) is 13.7. The third kappa shape index (κ3) is 3.19.